The molecule has 0 unspecified atom stereocenters. The van der Waals surface area contributed by atoms with Crippen LogP contribution in [0.3, 0.4) is 0 Å². The van der Waals surface area contributed by atoms with Crippen LogP contribution < -0.4 is 24.5 Å². The Morgan fingerprint density at radius 1 is 1.13 bits per heavy atom. The summed E-state index contributed by atoms with van der Waals surface area (Å²) in [5, 5.41) is 11.8. The molecule has 3 heterocycles. The van der Waals surface area contributed by atoms with Crippen LogP contribution >= 0.6 is 27.3 Å². The Hall–Kier alpha value is -4.55. The zero-order chi connectivity index (χ0) is 33.2. The highest BCUT2D eigenvalue weighted by Gasteiger charge is 2.37. The zero-order valence-electron chi connectivity index (χ0n) is 26.1. The lowest BCUT2D eigenvalue weighted by molar-refractivity contribution is -0.384. The SMILES string of the molecule is CCOC(=O)C1=C(c2ccccc2)N=c2s/c(=C\c3cc([N+](=O)[O-])ccc3N3CCC(C)CC3)c(=O)n2[C@H]1c1cc(Br)ccc1OC. The van der Waals surface area contributed by atoms with Crippen molar-refractivity contribution in [3.8, 4) is 5.75 Å². The van der Waals surface area contributed by atoms with E-state index in [0.717, 1.165) is 36.1 Å². The maximum atomic E-state index is 14.5. The summed E-state index contributed by atoms with van der Waals surface area (Å²) in [4.78, 5) is 47.2. The van der Waals surface area contributed by atoms with Gasteiger partial charge in [-0.3, -0.25) is 19.5 Å². The molecule has 0 spiro atoms. The molecule has 242 valence electrons. The van der Waals surface area contributed by atoms with E-state index in [1.165, 1.54) is 35.1 Å². The molecule has 1 saturated heterocycles. The first-order chi connectivity index (χ1) is 22.7. The Bertz CT molecular complexity index is 2070. The number of benzene rings is 3. The van der Waals surface area contributed by atoms with E-state index < -0.39 is 16.9 Å². The highest BCUT2D eigenvalue weighted by Crippen LogP contribution is 2.40. The van der Waals surface area contributed by atoms with Crippen molar-refractivity contribution in [2.45, 2.75) is 32.7 Å². The molecule has 0 aliphatic carbocycles. The highest BCUT2D eigenvalue weighted by molar-refractivity contribution is 9.10. The maximum absolute atomic E-state index is 14.5. The molecule has 0 N–H and O–H groups in total. The van der Waals surface area contributed by atoms with Gasteiger partial charge in [0.25, 0.3) is 11.2 Å². The summed E-state index contributed by atoms with van der Waals surface area (Å²) in [7, 11) is 1.54. The van der Waals surface area contributed by atoms with Gasteiger partial charge in [0.2, 0.25) is 0 Å². The van der Waals surface area contributed by atoms with Gasteiger partial charge >= 0.3 is 5.97 Å². The van der Waals surface area contributed by atoms with E-state index in [2.05, 4.69) is 27.8 Å². The molecule has 2 aliphatic rings. The number of hydrogen-bond acceptors (Lipinski definition) is 9. The number of fused-ring (bicyclic) bond motifs is 1. The molecule has 0 saturated carbocycles. The number of halogens is 1. The standard InChI is InChI=1S/C35H33BrN4O6S/c1-4-46-34(42)30-31(22-8-6-5-7-9-22)37-35-39(32(30)26-20-24(36)10-13-28(26)45-3)33(41)29(47-35)19-23-18-25(40(43)44)11-12-27(23)38-16-14-21(2)15-17-38/h5-13,18-21,32H,4,14-17H2,1-3H3/b29-19-/t32-/m0/s1. The van der Waals surface area contributed by atoms with E-state index in [1.54, 1.807) is 25.1 Å². The van der Waals surface area contributed by atoms with Gasteiger partial charge in [0.1, 0.15) is 11.8 Å². The number of carbonyl (C=O) groups is 1. The van der Waals surface area contributed by atoms with E-state index in [9.17, 15) is 19.7 Å². The predicted molar refractivity (Wildman–Crippen MR) is 185 cm³/mol. The van der Waals surface area contributed by atoms with Gasteiger partial charge in [0, 0.05) is 52.1 Å². The number of esters is 1. The predicted octanol–water partition coefficient (Wildman–Crippen LogP) is 5.85. The molecule has 1 atom stereocenters. The van der Waals surface area contributed by atoms with E-state index in [-0.39, 0.29) is 23.4 Å². The summed E-state index contributed by atoms with van der Waals surface area (Å²) in [5.74, 6) is 0.472. The molecule has 6 rings (SSSR count). The Kier molecular flexibility index (Phi) is 9.42. The first-order valence-electron chi connectivity index (χ1n) is 15.4. The van der Waals surface area contributed by atoms with Crippen molar-refractivity contribution in [3.05, 3.63) is 123 Å². The topological polar surface area (TPSA) is 116 Å². The molecule has 4 aromatic rings. The summed E-state index contributed by atoms with van der Waals surface area (Å²) in [5.41, 5.74) is 2.80. The number of anilines is 1. The monoisotopic (exact) mass is 716 g/mol. The molecule has 0 amide bonds. The number of nitrogens with zero attached hydrogens (tertiary/aromatic N) is 4. The fourth-order valence-corrected chi connectivity index (χ4v) is 7.47. The van der Waals surface area contributed by atoms with Crippen LogP contribution in [0, 0.1) is 16.0 Å². The van der Waals surface area contributed by atoms with Crippen molar-refractivity contribution in [1.82, 2.24) is 4.57 Å². The Morgan fingerprint density at radius 3 is 2.55 bits per heavy atom. The molecule has 1 fully saturated rings. The maximum Gasteiger partial charge on any atom is 0.338 e. The first-order valence-corrected chi connectivity index (χ1v) is 17.0. The van der Waals surface area contributed by atoms with Gasteiger partial charge in [-0.15, -0.1) is 0 Å². The summed E-state index contributed by atoms with van der Waals surface area (Å²) in [6, 6.07) is 18.6. The Balaban J connectivity index is 1.64. The van der Waals surface area contributed by atoms with Crippen LogP contribution in [0.1, 0.15) is 49.4 Å². The lowest BCUT2D eigenvalue weighted by Gasteiger charge is -2.33. The van der Waals surface area contributed by atoms with Crippen LogP contribution in [0.2, 0.25) is 0 Å². The van der Waals surface area contributed by atoms with Gasteiger partial charge < -0.3 is 14.4 Å². The highest BCUT2D eigenvalue weighted by atomic mass is 79.9. The minimum atomic E-state index is -0.941. The van der Waals surface area contributed by atoms with Crippen LogP contribution in [-0.4, -0.2) is 42.3 Å². The average molecular weight is 718 g/mol. The van der Waals surface area contributed by atoms with Gasteiger partial charge in [-0.05, 0) is 56.0 Å². The van der Waals surface area contributed by atoms with Crippen molar-refractivity contribution in [3.63, 3.8) is 0 Å². The second-order valence-corrected chi connectivity index (χ2v) is 13.4. The number of ether oxygens (including phenoxy) is 2. The lowest BCUT2D eigenvalue weighted by Crippen LogP contribution is -2.40. The number of rotatable bonds is 8. The third-order valence-corrected chi connectivity index (χ3v) is 9.97. The van der Waals surface area contributed by atoms with Crippen molar-refractivity contribution in [2.24, 2.45) is 10.9 Å². The van der Waals surface area contributed by atoms with E-state index in [0.29, 0.717) is 43.4 Å². The van der Waals surface area contributed by atoms with Crippen LogP contribution in [-0.2, 0) is 9.53 Å². The minimum Gasteiger partial charge on any atom is -0.496 e. The molecule has 47 heavy (non-hydrogen) atoms. The average Bonchev–Trinajstić information content (AvgIpc) is 3.38. The van der Waals surface area contributed by atoms with Crippen LogP contribution in [0.15, 0.2) is 86.6 Å². The summed E-state index contributed by atoms with van der Waals surface area (Å²) in [6.45, 7) is 5.70. The van der Waals surface area contributed by atoms with Gasteiger partial charge in [-0.2, -0.15) is 0 Å². The smallest absolute Gasteiger partial charge is 0.338 e. The molecular weight excluding hydrogens is 684 g/mol. The van der Waals surface area contributed by atoms with Crippen molar-refractivity contribution < 1.29 is 19.2 Å². The molecule has 0 bridgehead atoms. The van der Waals surface area contributed by atoms with E-state index >= 15 is 0 Å². The number of hydrogen-bond donors (Lipinski definition) is 0. The largest absolute Gasteiger partial charge is 0.496 e. The Labute approximate surface area is 283 Å². The number of nitro benzene ring substituents is 1. The fourth-order valence-electron chi connectivity index (χ4n) is 6.10. The molecule has 12 heteroatoms. The number of aromatic nitrogens is 1. The quantitative estimate of drug-likeness (QED) is 0.128. The first kappa shape index (κ1) is 32.4. The summed E-state index contributed by atoms with van der Waals surface area (Å²) >= 11 is 4.72. The van der Waals surface area contributed by atoms with Crippen LogP contribution in [0.25, 0.3) is 11.8 Å². The molecule has 3 aromatic carbocycles. The van der Waals surface area contributed by atoms with Gasteiger partial charge in [0.15, 0.2) is 4.80 Å². The second kappa shape index (κ2) is 13.7. The van der Waals surface area contributed by atoms with Gasteiger partial charge in [-0.1, -0.05) is 64.5 Å². The van der Waals surface area contributed by atoms with Gasteiger partial charge in [0.05, 0.1) is 34.4 Å². The number of non-ortho nitro benzene ring substituents is 1. The zero-order valence-corrected chi connectivity index (χ0v) is 28.5. The Morgan fingerprint density at radius 2 is 1.87 bits per heavy atom. The molecule has 10 nitrogen and oxygen atoms in total. The third-order valence-electron chi connectivity index (χ3n) is 8.49. The van der Waals surface area contributed by atoms with Crippen molar-refractivity contribution >= 4 is 56.4 Å². The van der Waals surface area contributed by atoms with Gasteiger partial charge in [-0.25, -0.2) is 9.79 Å². The van der Waals surface area contributed by atoms with E-state index in [1.807, 2.05) is 42.5 Å². The normalized spacial score (nSPS) is 16.9. The molecular formula is C35H33BrN4O6S. The van der Waals surface area contributed by atoms with Crippen molar-refractivity contribution in [1.29, 1.82) is 0 Å². The number of carbonyl (C=O) groups excluding carboxylic acids is 1. The van der Waals surface area contributed by atoms with E-state index in [4.69, 9.17) is 14.5 Å². The van der Waals surface area contributed by atoms with Crippen LogP contribution in [0.5, 0.6) is 5.75 Å². The summed E-state index contributed by atoms with van der Waals surface area (Å²) < 4.78 is 13.9. The number of piperidine rings is 1. The lowest BCUT2D eigenvalue weighted by atomic mass is 9.92. The second-order valence-electron chi connectivity index (χ2n) is 11.5. The fraction of sp³-hybridized carbons (Fsp3) is 0.286. The molecule has 0 radical (unpaired) electrons. The number of methoxy groups -OCH3 is 1. The minimum absolute atomic E-state index is 0.0640. The third kappa shape index (κ3) is 6.39. The summed E-state index contributed by atoms with van der Waals surface area (Å²) in [6.07, 6.45) is 3.72. The molecule has 1 aromatic heterocycles. The van der Waals surface area contributed by atoms with Crippen molar-refractivity contribution in [2.75, 3.05) is 31.7 Å². The number of thiazole rings is 1. The molecule has 2 aliphatic heterocycles. The van der Waals surface area contributed by atoms with Crippen LogP contribution in [0.4, 0.5) is 11.4 Å². The number of nitro groups is 1.